The van der Waals surface area contributed by atoms with Crippen molar-refractivity contribution in [2.24, 2.45) is 5.41 Å². The third-order valence-electron chi connectivity index (χ3n) is 17.2. The molecule has 5 N–H and O–H groups in total. The Morgan fingerprint density at radius 3 is 2.19 bits per heavy atom. The normalized spacial score (nSPS) is 18.6. The number of nitrogens with one attached hydrogen (secondary N) is 3. The molecule has 1 aliphatic carbocycles. The summed E-state index contributed by atoms with van der Waals surface area (Å²) in [5, 5.41) is 37.4. The molecule has 5 heterocycles. The van der Waals surface area contributed by atoms with E-state index in [0.717, 1.165) is 124 Å². The summed E-state index contributed by atoms with van der Waals surface area (Å²) >= 11 is 1.58. The van der Waals surface area contributed by atoms with Gasteiger partial charge in [-0.3, -0.25) is 29.5 Å². The van der Waals surface area contributed by atoms with Gasteiger partial charge in [-0.2, -0.15) is 0 Å². The van der Waals surface area contributed by atoms with Crippen molar-refractivity contribution in [3.63, 3.8) is 0 Å². The Morgan fingerprint density at radius 1 is 0.779 bits per heavy atom. The van der Waals surface area contributed by atoms with Crippen LogP contribution in [0.3, 0.4) is 0 Å². The summed E-state index contributed by atoms with van der Waals surface area (Å²) in [6, 6.07) is 35.4. The predicted molar refractivity (Wildman–Crippen MR) is 337 cm³/mol. The number of nitrogens with zero attached hydrogens (tertiary/aromatic N) is 7. The summed E-state index contributed by atoms with van der Waals surface area (Å²) in [7, 11) is 0. The minimum Gasteiger partial charge on any atom is -0.393 e. The summed E-state index contributed by atoms with van der Waals surface area (Å²) in [5.74, 6) is 5.98. The van der Waals surface area contributed by atoms with E-state index in [1.54, 1.807) is 11.3 Å². The van der Waals surface area contributed by atoms with Gasteiger partial charge in [-0.05, 0) is 104 Å². The fraction of sp³-hybridized carbons (Fsp3) is 0.435. The van der Waals surface area contributed by atoms with Crippen LogP contribution in [0.2, 0.25) is 0 Å². The number of hydrogen-bond acceptors (Lipinski definition) is 11. The minimum atomic E-state index is -0.903. The van der Waals surface area contributed by atoms with Crippen LogP contribution < -0.4 is 16.1 Å². The number of piperazine rings is 1. The first-order chi connectivity index (χ1) is 41.6. The number of amides is 4. The number of aryl methyl sites for hydroxylation is 1. The minimum absolute atomic E-state index is 0.00612. The Balaban J connectivity index is 0.660. The second-order valence-corrected chi connectivity index (χ2v) is 25.4. The van der Waals surface area contributed by atoms with Crippen molar-refractivity contribution >= 4 is 46.0 Å². The third-order valence-corrected chi connectivity index (χ3v) is 18.2. The van der Waals surface area contributed by atoms with Gasteiger partial charge in [0.1, 0.15) is 23.2 Å². The van der Waals surface area contributed by atoms with Gasteiger partial charge < -0.3 is 39.8 Å². The lowest BCUT2D eigenvalue weighted by molar-refractivity contribution is -0.144. The number of β-amino-alcohol motifs (C(OH)–C–C–N with tert-alkyl or cyclic N) is 1. The fourth-order valence-electron chi connectivity index (χ4n) is 12.4. The smallest absolute Gasteiger partial charge is 0.246 e. The number of benzene rings is 4. The Kier molecular flexibility index (Phi) is 20.1. The predicted octanol–water partition coefficient (Wildman–Crippen LogP) is 9.64. The number of carbonyl (C=O) groups is 4. The van der Waals surface area contributed by atoms with Crippen LogP contribution in [0.15, 0.2) is 121 Å². The van der Waals surface area contributed by atoms with Gasteiger partial charge in [0.05, 0.1) is 45.7 Å². The molecular formula is C69H82N10O6S. The molecule has 3 atom stereocenters. The Morgan fingerprint density at radius 2 is 1.49 bits per heavy atom. The van der Waals surface area contributed by atoms with Gasteiger partial charge in [-0.1, -0.05) is 136 Å². The third kappa shape index (κ3) is 14.9. The molecule has 7 aromatic rings. The quantitative estimate of drug-likeness (QED) is 0.0364. The summed E-state index contributed by atoms with van der Waals surface area (Å²) in [4.78, 5) is 70.6. The maximum absolute atomic E-state index is 14.1. The van der Waals surface area contributed by atoms with Gasteiger partial charge in [-0.25, -0.2) is 9.97 Å². The number of carbonyl (C=O) groups excluding carboxylic acids is 4. The zero-order valence-electron chi connectivity index (χ0n) is 50.1. The molecule has 2 saturated heterocycles. The molecule has 0 radical (unpaired) electrons. The number of fused-ring (bicyclic) bond motifs is 1. The van der Waals surface area contributed by atoms with Crippen molar-refractivity contribution in [1.82, 2.24) is 44.4 Å². The zero-order valence-corrected chi connectivity index (χ0v) is 51.0. The second kappa shape index (κ2) is 28.2. The van der Waals surface area contributed by atoms with E-state index in [9.17, 15) is 34.8 Å². The lowest BCUT2D eigenvalue weighted by Crippen LogP contribution is -2.57. The molecule has 3 aliphatic rings. The molecule has 0 spiro atoms. The maximum atomic E-state index is 14.1. The molecule has 2 aliphatic heterocycles. The zero-order chi connectivity index (χ0) is 60.3. The van der Waals surface area contributed by atoms with Crippen molar-refractivity contribution in [2.75, 3.05) is 39.3 Å². The van der Waals surface area contributed by atoms with Gasteiger partial charge in [-0.15, -0.1) is 11.3 Å². The van der Waals surface area contributed by atoms with E-state index < -0.39 is 29.5 Å². The maximum Gasteiger partial charge on any atom is 0.246 e. The highest BCUT2D eigenvalue weighted by Gasteiger charge is 2.44. The highest BCUT2D eigenvalue weighted by atomic mass is 32.1. The van der Waals surface area contributed by atoms with Crippen LogP contribution in [-0.2, 0) is 32.3 Å². The van der Waals surface area contributed by atoms with Crippen molar-refractivity contribution in [2.45, 2.75) is 148 Å². The van der Waals surface area contributed by atoms with Crippen LogP contribution in [0.4, 0.5) is 0 Å². The van der Waals surface area contributed by atoms with Crippen molar-refractivity contribution < 1.29 is 29.4 Å². The highest BCUT2D eigenvalue weighted by Crippen LogP contribution is 2.40. The van der Waals surface area contributed by atoms with Crippen LogP contribution in [0.1, 0.15) is 126 Å². The Hall–Kier alpha value is -7.75. The number of aliphatic hydroxyl groups is 2. The first-order valence-corrected chi connectivity index (χ1v) is 31.6. The molecule has 10 rings (SSSR count). The number of rotatable bonds is 20. The van der Waals surface area contributed by atoms with Gasteiger partial charge in [0.15, 0.2) is 0 Å². The van der Waals surface area contributed by atoms with E-state index in [1.807, 2.05) is 97.5 Å². The number of thiazole rings is 1. The van der Waals surface area contributed by atoms with Crippen LogP contribution in [-0.4, -0.2) is 131 Å². The molecule has 86 heavy (non-hydrogen) atoms. The van der Waals surface area contributed by atoms with Crippen molar-refractivity contribution in [3.8, 4) is 44.7 Å². The molecule has 1 saturated carbocycles. The van der Waals surface area contributed by atoms with Crippen LogP contribution in [0.25, 0.3) is 43.9 Å². The van der Waals surface area contributed by atoms with Gasteiger partial charge in [0.25, 0.3) is 0 Å². The number of hydrogen-bond donors (Lipinski definition) is 5. The largest absolute Gasteiger partial charge is 0.393 e. The average molecular weight is 1180 g/mol. The number of likely N-dealkylation sites (tertiary alicyclic amines) is 1. The van der Waals surface area contributed by atoms with Crippen LogP contribution in [0.5, 0.6) is 0 Å². The average Bonchev–Trinajstić information content (AvgIpc) is 1.66. The molecule has 4 aromatic carbocycles. The van der Waals surface area contributed by atoms with E-state index in [4.69, 9.17) is 4.98 Å². The topological polar surface area (TPSA) is 202 Å². The highest BCUT2D eigenvalue weighted by molar-refractivity contribution is 7.13. The van der Waals surface area contributed by atoms with Gasteiger partial charge >= 0.3 is 0 Å². The molecule has 16 nitrogen and oxygen atoms in total. The molecule has 0 bridgehead atoms. The molecule has 3 fully saturated rings. The number of unbranched alkanes of at least 4 members (excludes halogenated alkanes) is 3. The van der Waals surface area contributed by atoms with Crippen LogP contribution >= 0.6 is 11.3 Å². The molecule has 450 valence electrons. The molecule has 4 amide bonds. The van der Waals surface area contributed by atoms with Gasteiger partial charge in [0.2, 0.25) is 23.6 Å². The Bertz CT molecular complexity index is 3600. The fourth-order valence-corrected chi connectivity index (χ4v) is 13.2. The number of aliphatic hydroxyl groups excluding tert-OH is 2. The van der Waals surface area contributed by atoms with Crippen molar-refractivity contribution in [1.29, 1.82) is 5.41 Å². The van der Waals surface area contributed by atoms with E-state index >= 15 is 0 Å². The standard InChI is InChI=1S/C69H82N10O6S/c1-47-63(86-46-73-47)53-29-27-49(28-30-53)42-71-67(84)57-41-56(81)44-77(57)68(85)64(69(2,3)4)74-58(82)25-14-7-15-26-59(83)76-38-36-75(37-39-76)35-16-8-9-18-48-19-17-20-50(40-48)43-78-62(52-23-12-6-13-24-52)60(51-21-10-5-11-22-51)61-65(70)79(45-72-66(61)78)54-31-33-55(80)34-32-54/h5-6,10-13,17,19-24,27-30,40,45-46,54-57,64,70,80-81H,7-8,14-16,25-26,31-39,41-44H2,1-4H3,(H,71,84)(H,74,82)/t54?,55?,56-,57+,64-/m1/s1. The van der Waals surface area contributed by atoms with E-state index in [2.05, 4.69) is 97.6 Å². The molecule has 3 aromatic heterocycles. The van der Waals surface area contributed by atoms with Crippen molar-refractivity contribution in [3.05, 3.63) is 149 Å². The van der Waals surface area contributed by atoms with E-state index in [1.165, 1.54) is 4.90 Å². The summed E-state index contributed by atoms with van der Waals surface area (Å²) < 4.78 is 4.28. The molecular weight excluding hydrogens is 1100 g/mol. The van der Waals surface area contributed by atoms with E-state index in [0.29, 0.717) is 50.8 Å². The molecule has 17 heteroatoms. The summed E-state index contributed by atoms with van der Waals surface area (Å²) in [6.07, 6.45) is 8.08. The van der Waals surface area contributed by atoms with Gasteiger partial charge in [0, 0.05) is 88.7 Å². The second-order valence-electron chi connectivity index (χ2n) is 24.5. The molecule has 0 unspecified atom stereocenters. The van der Waals surface area contributed by atoms with Crippen LogP contribution in [0, 0.1) is 29.6 Å². The lowest BCUT2D eigenvalue weighted by Gasteiger charge is -2.35. The Labute approximate surface area is 509 Å². The first kappa shape index (κ1) is 61.3. The lowest BCUT2D eigenvalue weighted by atomic mass is 9.85. The first-order valence-electron chi connectivity index (χ1n) is 30.7. The summed E-state index contributed by atoms with van der Waals surface area (Å²) in [5.41, 5.74) is 11.4. The summed E-state index contributed by atoms with van der Waals surface area (Å²) in [6.45, 7) is 12.3. The monoisotopic (exact) mass is 1180 g/mol. The van der Waals surface area contributed by atoms with E-state index in [-0.39, 0.29) is 55.8 Å². The number of aromatic nitrogens is 4. The SMILES string of the molecule is Cc1ncsc1-c1ccc(CNC(=O)[C@@H]2C[C@@H](O)CN2C(=O)[C@@H](NC(=O)CCCCCC(=O)N2CCN(CCCC#Cc3cccc(Cn4c(-c5ccccc5)c(-c5ccccc5)c5c(=N)n(C6CCC(O)CC6)cnc54)c3)CC2)C(C)(C)C)cc1.